The molecule has 0 aliphatic heterocycles. The van der Waals surface area contributed by atoms with E-state index >= 15 is 0 Å². The Labute approximate surface area is 108 Å². The van der Waals surface area contributed by atoms with Crippen LogP contribution in [0.5, 0.6) is 0 Å². The van der Waals surface area contributed by atoms with Gasteiger partial charge in [-0.15, -0.1) is 0 Å². The van der Waals surface area contributed by atoms with Crippen LogP contribution in [0.3, 0.4) is 0 Å². The zero-order valence-corrected chi connectivity index (χ0v) is 10.8. The fourth-order valence-electron chi connectivity index (χ4n) is 3.84. The molecular weight excluding hydrogens is 222 g/mol. The van der Waals surface area contributed by atoms with E-state index in [1.54, 1.807) is 12.3 Å². The van der Waals surface area contributed by atoms with Gasteiger partial charge in [0.25, 0.3) is 0 Å². The van der Waals surface area contributed by atoms with Gasteiger partial charge in [0.05, 0.1) is 17.4 Å². The Morgan fingerprint density at radius 1 is 1.44 bits per heavy atom. The first-order valence-corrected chi connectivity index (χ1v) is 6.83. The molecule has 1 heterocycles. The monoisotopic (exact) mass is 241 g/mol. The van der Waals surface area contributed by atoms with Crippen LogP contribution >= 0.6 is 0 Å². The molecule has 94 valence electrons. The number of hydrogen-bond donors (Lipinski definition) is 0. The van der Waals surface area contributed by atoms with Crippen LogP contribution in [0.2, 0.25) is 0 Å². The molecule has 2 aliphatic carbocycles. The van der Waals surface area contributed by atoms with E-state index in [2.05, 4.69) is 23.0 Å². The first-order chi connectivity index (χ1) is 8.78. The van der Waals surface area contributed by atoms with Crippen molar-refractivity contribution in [1.82, 2.24) is 4.98 Å². The zero-order valence-electron chi connectivity index (χ0n) is 10.8. The van der Waals surface area contributed by atoms with Crippen molar-refractivity contribution in [2.75, 3.05) is 18.5 Å². The molecule has 3 heteroatoms. The van der Waals surface area contributed by atoms with Crippen molar-refractivity contribution in [2.45, 2.75) is 25.7 Å². The summed E-state index contributed by atoms with van der Waals surface area (Å²) in [5, 5.41) is 9.13. The number of hydrogen-bond acceptors (Lipinski definition) is 3. The summed E-state index contributed by atoms with van der Waals surface area (Å²) in [6.07, 6.45) is 9.19. The predicted octanol–water partition coefficient (Wildman–Crippen LogP) is 2.83. The van der Waals surface area contributed by atoms with Crippen LogP contribution in [0.15, 0.2) is 18.5 Å². The van der Waals surface area contributed by atoms with E-state index in [-0.39, 0.29) is 0 Å². The van der Waals surface area contributed by atoms with Gasteiger partial charge >= 0.3 is 0 Å². The van der Waals surface area contributed by atoms with E-state index < -0.39 is 0 Å². The van der Waals surface area contributed by atoms with E-state index in [1.165, 1.54) is 25.7 Å². The average Bonchev–Trinajstić information content (AvgIpc) is 3.01. The third-order valence-corrected chi connectivity index (χ3v) is 4.72. The fraction of sp³-hybridized carbons (Fsp3) is 0.600. The highest BCUT2D eigenvalue weighted by molar-refractivity contribution is 5.57. The van der Waals surface area contributed by atoms with Gasteiger partial charge < -0.3 is 4.90 Å². The fourth-order valence-corrected chi connectivity index (χ4v) is 3.84. The highest BCUT2D eigenvalue weighted by Crippen LogP contribution is 2.48. The Kier molecular flexibility index (Phi) is 2.95. The Balaban J connectivity index is 1.71. The van der Waals surface area contributed by atoms with Crippen molar-refractivity contribution in [3.05, 3.63) is 24.0 Å². The second-order valence-electron chi connectivity index (χ2n) is 5.82. The number of pyridine rings is 1. The van der Waals surface area contributed by atoms with E-state index in [4.69, 9.17) is 5.26 Å². The van der Waals surface area contributed by atoms with Crippen LogP contribution in [0.25, 0.3) is 0 Å². The number of rotatable bonds is 3. The average molecular weight is 241 g/mol. The SMILES string of the molecule is CN(CC1CC2CCC1C2)c1cnccc1C#N. The van der Waals surface area contributed by atoms with Crippen LogP contribution in [-0.4, -0.2) is 18.6 Å². The Hall–Kier alpha value is -1.56. The first kappa shape index (κ1) is 11.5. The summed E-state index contributed by atoms with van der Waals surface area (Å²) in [6, 6.07) is 4.05. The number of aromatic nitrogens is 1. The summed E-state index contributed by atoms with van der Waals surface area (Å²) < 4.78 is 0. The maximum absolute atomic E-state index is 9.13. The minimum atomic E-state index is 0.732. The molecule has 0 spiro atoms. The summed E-state index contributed by atoms with van der Waals surface area (Å²) >= 11 is 0. The molecule has 18 heavy (non-hydrogen) atoms. The Bertz CT molecular complexity index is 477. The minimum absolute atomic E-state index is 0.732. The van der Waals surface area contributed by atoms with Gasteiger partial charge in [0, 0.05) is 19.8 Å². The molecular formula is C15H19N3. The lowest BCUT2D eigenvalue weighted by Crippen LogP contribution is -2.29. The number of fused-ring (bicyclic) bond motifs is 2. The second-order valence-corrected chi connectivity index (χ2v) is 5.82. The van der Waals surface area contributed by atoms with Gasteiger partial charge in [-0.2, -0.15) is 5.26 Å². The molecule has 0 aromatic carbocycles. The Morgan fingerprint density at radius 3 is 3.00 bits per heavy atom. The van der Waals surface area contributed by atoms with Crippen LogP contribution in [0.4, 0.5) is 5.69 Å². The molecule has 0 saturated heterocycles. The molecule has 2 aliphatic rings. The smallest absolute Gasteiger partial charge is 0.101 e. The van der Waals surface area contributed by atoms with Gasteiger partial charge in [0.1, 0.15) is 6.07 Å². The standard InChI is InChI=1S/C15H19N3/c1-18(15-9-17-5-4-13(15)8-16)10-14-7-11-2-3-12(14)6-11/h4-5,9,11-12,14H,2-3,6-7,10H2,1H3. The summed E-state index contributed by atoms with van der Waals surface area (Å²) in [7, 11) is 2.09. The molecule has 1 aromatic rings. The van der Waals surface area contributed by atoms with Crippen molar-refractivity contribution in [3.8, 4) is 6.07 Å². The third kappa shape index (κ3) is 1.96. The van der Waals surface area contributed by atoms with E-state index in [9.17, 15) is 0 Å². The largest absolute Gasteiger partial charge is 0.372 e. The van der Waals surface area contributed by atoms with Crippen molar-refractivity contribution >= 4 is 5.69 Å². The van der Waals surface area contributed by atoms with Crippen LogP contribution in [-0.2, 0) is 0 Å². The summed E-state index contributed by atoms with van der Waals surface area (Å²) in [5.74, 6) is 2.73. The van der Waals surface area contributed by atoms with Crippen LogP contribution in [0, 0.1) is 29.1 Å². The van der Waals surface area contributed by atoms with Crippen molar-refractivity contribution in [1.29, 1.82) is 5.26 Å². The molecule has 0 N–H and O–H groups in total. The molecule has 3 unspecified atom stereocenters. The van der Waals surface area contributed by atoms with Gasteiger partial charge in [0.2, 0.25) is 0 Å². The van der Waals surface area contributed by atoms with Crippen LogP contribution in [0.1, 0.15) is 31.2 Å². The summed E-state index contributed by atoms with van der Waals surface area (Å²) in [5.41, 5.74) is 1.71. The van der Waals surface area contributed by atoms with Gasteiger partial charge in [0.15, 0.2) is 0 Å². The lowest BCUT2D eigenvalue weighted by atomic mass is 9.88. The highest BCUT2D eigenvalue weighted by atomic mass is 15.1. The zero-order chi connectivity index (χ0) is 12.5. The molecule has 2 fully saturated rings. The van der Waals surface area contributed by atoms with Gasteiger partial charge in [-0.1, -0.05) is 6.42 Å². The predicted molar refractivity (Wildman–Crippen MR) is 71.2 cm³/mol. The molecule has 3 nitrogen and oxygen atoms in total. The summed E-state index contributed by atoms with van der Waals surface area (Å²) in [6.45, 7) is 1.07. The molecule has 3 atom stereocenters. The Morgan fingerprint density at radius 2 is 2.33 bits per heavy atom. The normalized spacial score (nSPS) is 29.2. The van der Waals surface area contributed by atoms with E-state index in [1.807, 2.05) is 6.20 Å². The number of nitriles is 1. The third-order valence-electron chi connectivity index (χ3n) is 4.72. The van der Waals surface area contributed by atoms with Gasteiger partial charge in [-0.25, -0.2) is 0 Å². The van der Waals surface area contributed by atoms with Crippen molar-refractivity contribution < 1.29 is 0 Å². The van der Waals surface area contributed by atoms with E-state index in [0.29, 0.717) is 0 Å². The first-order valence-electron chi connectivity index (χ1n) is 6.83. The molecule has 0 radical (unpaired) electrons. The lowest BCUT2D eigenvalue weighted by molar-refractivity contribution is 0.337. The molecule has 0 amide bonds. The maximum Gasteiger partial charge on any atom is 0.101 e. The number of anilines is 1. The molecule has 2 saturated carbocycles. The maximum atomic E-state index is 9.13. The van der Waals surface area contributed by atoms with E-state index in [0.717, 1.165) is 35.5 Å². The quantitative estimate of drug-likeness (QED) is 0.817. The van der Waals surface area contributed by atoms with Crippen LogP contribution < -0.4 is 4.90 Å². The highest BCUT2D eigenvalue weighted by Gasteiger charge is 2.39. The molecule has 3 rings (SSSR count). The lowest BCUT2D eigenvalue weighted by Gasteiger charge is -2.28. The second kappa shape index (κ2) is 4.61. The van der Waals surface area contributed by atoms with Gasteiger partial charge in [-0.05, 0) is 43.1 Å². The number of nitrogens with zero attached hydrogens (tertiary/aromatic N) is 3. The van der Waals surface area contributed by atoms with Crippen molar-refractivity contribution in [2.24, 2.45) is 17.8 Å². The topological polar surface area (TPSA) is 39.9 Å². The molecule has 1 aromatic heterocycles. The summed E-state index contributed by atoms with van der Waals surface area (Å²) in [4.78, 5) is 6.36. The minimum Gasteiger partial charge on any atom is -0.372 e. The molecule has 2 bridgehead atoms. The van der Waals surface area contributed by atoms with Gasteiger partial charge in [-0.3, -0.25) is 4.98 Å². The van der Waals surface area contributed by atoms with Crippen molar-refractivity contribution in [3.63, 3.8) is 0 Å².